The minimum absolute atomic E-state index is 0.0747. The summed E-state index contributed by atoms with van der Waals surface area (Å²) >= 11 is 0. The molecule has 1 fully saturated rings. The molecule has 3 aromatic rings. The molecule has 0 saturated carbocycles. The third-order valence-corrected chi connectivity index (χ3v) is 5.31. The van der Waals surface area contributed by atoms with Gasteiger partial charge in [0.05, 0.1) is 24.1 Å². The van der Waals surface area contributed by atoms with Gasteiger partial charge in [0.25, 0.3) is 0 Å². The molecular weight excluding hydrogens is 352 g/mol. The van der Waals surface area contributed by atoms with E-state index >= 15 is 0 Å². The van der Waals surface area contributed by atoms with Crippen LogP contribution in [0.2, 0.25) is 0 Å². The van der Waals surface area contributed by atoms with Crippen molar-refractivity contribution in [3.05, 3.63) is 41.0 Å². The van der Waals surface area contributed by atoms with Gasteiger partial charge >= 0.3 is 0 Å². The molecule has 4 heterocycles. The van der Waals surface area contributed by atoms with Crippen molar-refractivity contribution in [3.63, 3.8) is 0 Å². The topological polar surface area (TPSA) is 160 Å². The van der Waals surface area contributed by atoms with E-state index in [4.69, 9.17) is 20.4 Å². The lowest BCUT2D eigenvalue weighted by atomic mass is 9.86. The summed E-state index contributed by atoms with van der Waals surface area (Å²) in [5.74, 6) is 0.349. The minimum atomic E-state index is -1.34. The number of nitrogens with zero attached hydrogens (tertiary/aromatic N) is 7. The summed E-state index contributed by atoms with van der Waals surface area (Å²) in [5, 5.41) is 17.9. The van der Waals surface area contributed by atoms with E-state index in [1.807, 2.05) is 19.9 Å². The van der Waals surface area contributed by atoms with Crippen molar-refractivity contribution in [2.75, 3.05) is 12.3 Å². The summed E-state index contributed by atoms with van der Waals surface area (Å²) < 4.78 is 13.1. The van der Waals surface area contributed by atoms with Gasteiger partial charge in [0.1, 0.15) is 24.2 Å². The molecule has 1 saturated heterocycles. The number of nitrogens with two attached hydrogens (primary N) is 1. The maximum Gasteiger partial charge on any atom is 0.228 e. The lowest BCUT2D eigenvalue weighted by molar-refractivity contribution is -0.0865. The van der Waals surface area contributed by atoms with Crippen LogP contribution in [0.3, 0.4) is 0 Å². The molecule has 11 heteroatoms. The Bertz CT molecular complexity index is 1030. The van der Waals surface area contributed by atoms with Gasteiger partial charge in [-0.05, 0) is 23.4 Å². The van der Waals surface area contributed by atoms with E-state index in [9.17, 15) is 5.11 Å². The van der Waals surface area contributed by atoms with Gasteiger partial charge in [-0.15, -0.1) is 0 Å². The van der Waals surface area contributed by atoms with Crippen LogP contribution in [0.1, 0.15) is 25.6 Å². The van der Waals surface area contributed by atoms with Crippen LogP contribution in [0.4, 0.5) is 5.82 Å². The molecule has 27 heavy (non-hydrogen) atoms. The highest BCUT2D eigenvalue weighted by Gasteiger charge is 2.51. The molecule has 4 rings (SSSR count). The maximum absolute atomic E-state index is 9.85. The van der Waals surface area contributed by atoms with Gasteiger partial charge in [0.15, 0.2) is 11.5 Å². The molecule has 0 spiro atoms. The minimum Gasteiger partial charge on any atom is -0.444 e. The van der Waals surface area contributed by atoms with Crippen LogP contribution in [0.15, 0.2) is 34.4 Å². The van der Waals surface area contributed by atoms with Crippen LogP contribution in [0.25, 0.3) is 27.4 Å². The first kappa shape index (κ1) is 17.3. The largest absolute Gasteiger partial charge is 0.444 e. The summed E-state index contributed by atoms with van der Waals surface area (Å²) in [5.41, 5.74) is 15.5. The van der Waals surface area contributed by atoms with Gasteiger partial charge in [-0.3, -0.25) is 0 Å². The monoisotopic (exact) mass is 370 g/mol. The van der Waals surface area contributed by atoms with Crippen molar-refractivity contribution in [3.8, 4) is 11.5 Å². The van der Waals surface area contributed by atoms with Crippen molar-refractivity contribution in [1.82, 2.24) is 19.6 Å². The lowest BCUT2D eigenvalue weighted by Crippen LogP contribution is -2.36. The molecule has 140 valence electrons. The fraction of sp³-hybridized carbons (Fsp3) is 0.438. The number of ether oxygens (including phenoxy) is 1. The maximum atomic E-state index is 9.85. The number of azide groups is 1. The van der Waals surface area contributed by atoms with Gasteiger partial charge in [-0.1, -0.05) is 19.0 Å². The summed E-state index contributed by atoms with van der Waals surface area (Å²) in [6, 6.07) is 1.82. The van der Waals surface area contributed by atoms with Crippen LogP contribution in [-0.4, -0.2) is 37.0 Å². The molecule has 0 unspecified atom stereocenters. The van der Waals surface area contributed by atoms with Crippen molar-refractivity contribution < 1.29 is 14.3 Å². The number of hydrogen-bond donors (Lipinski definition) is 2. The highest BCUT2D eigenvalue weighted by Crippen LogP contribution is 2.49. The Balaban J connectivity index is 1.90. The molecule has 1 aliphatic heterocycles. The molecule has 0 aromatic carbocycles. The van der Waals surface area contributed by atoms with Gasteiger partial charge in [0, 0.05) is 4.91 Å². The second-order valence-corrected chi connectivity index (χ2v) is 6.60. The molecular formula is C16H18N8O3. The molecule has 0 radical (unpaired) electrons. The van der Waals surface area contributed by atoms with E-state index in [0.29, 0.717) is 22.7 Å². The van der Waals surface area contributed by atoms with Gasteiger partial charge in [0.2, 0.25) is 5.89 Å². The SMILES string of the molecule is C[C@H]1[C@H](c2cc(-c3ncco3)c3c(N)ncnn23)O[C@@](CO)(N=[N+]=[N-])[C@H]1C. The zero-order valence-corrected chi connectivity index (χ0v) is 14.7. The Hall–Kier alpha value is -3.14. The predicted octanol–water partition coefficient (Wildman–Crippen LogP) is 2.31. The average molecular weight is 370 g/mol. The fourth-order valence-electron chi connectivity index (χ4n) is 3.65. The first-order valence-corrected chi connectivity index (χ1v) is 8.39. The Morgan fingerprint density at radius 3 is 2.93 bits per heavy atom. The number of aliphatic hydroxyl groups excluding tert-OH is 1. The second-order valence-electron chi connectivity index (χ2n) is 6.60. The standard InChI is InChI=1S/C16H18N8O3/c1-8-9(2)16(6-25,22-23-18)27-13(8)11-5-10(15-19-3-4-26-15)12-14(17)20-7-21-24(11)12/h3-5,7-9,13,25H,6H2,1-2H3,(H2,17,20,21)/t8-,9+,13-,16-/m1/s1. The molecule has 4 atom stereocenters. The van der Waals surface area contributed by atoms with Crippen molar-refractivity contribution in [1.29, 1.82) is 0 Å². The number of nitrogen functional groups attached to an aromatic ring is 1. The van der Waals surface area contributed by atoms with Crippen LogP contribution in [0.5, 0.6) is 0 Å². The number of hydrogen-bond acceptors (Lipinski definition) is 8. The summed E-state index contributed by atoms with van der Waals surface area (Å²) in [7, 11) is 0. The summed E-state index contributed by atoms with van der Waals surface area (Å²) in [4.78, 5) is 11.1. The fourth-order valence-corrected chi connectivity index (χ4v) is 3.65. The Morgan fingerprint density at radius 1 is 1.44 bits per heavy atom. The second kappa shape index (κ2) is 6.23. The number of aromatic nitrogens is 4. The van der Waals surface area contributed by atoms with E-state index < -0.39 is 18.4 Å². The molecule has 1 aliphatic rings. The van der Waals surface area contributed by atoms with E-state index in [1.54, 1.807) is 4.52 Å². The van der Waals surface area contributed by atoms with E-state index in [1.165, 1.54) is 18.8 Å². The summed E-state index contributed by atoms with van der Waals surface area (Å²) in [6.45, 7) is 3.42. The van der Waals surface area contributed by atoms with Gasteiger partial charge in [-0.25, -0.2) is 14.5 Å². The normalized spacial score (nSPS) is 27.7. The Morgan fingerprint density at radius 2 is 2.26 bits per heavy atom. The first-order valence-electron chi connectivity index (χ1n) is 8.39. The van der Waals surface area contributed by atoms with E-state index in [-0.39, 0.29) is 17.7 Å². The quantitative estimate of drug-likeness (QED) is 0.404. The summed E-state index contributed by atoms with van der Waals surface area (Å²) in [6.07, 6.45) is 3.85. The number of aliphatic hydroxyl groups is 1. The zero-order chi connectivity index (χ0) is 19.2. The Labute approximate surface area is 153 Å². The van der Waals surface area contributed by atoms with E-state index in [0.717, 1.165) is 0 Å². The van der Waals surface area contributed by atoms with Crippen LogP contribution in [0, 0.1) is 11.8 Å². The van der Waals surface area contributed by atoms with Gasteiger partial charge in [-0.2, -0.15) is 5.10 Å². The molecule has 11 nitrogen and oxygen atoms in total. The van der Waals surface area contributed by atoms with Crippen molar-refractivity contribution >= 4 is 11.3 Å². The number of rotatable bonds is 4. The lowest BCUT2D eigenvalue weighted by Gasteiger charge is -2.25. The highest BCUT2D eigenvalue weighted by atomic mass is 16.5. The molecule has 0 amide bonds. The third-order valence-electron chi connectivity index (χ3n) is 5.31. The van der Waals surface area contributed by atoms with Crippen LogP contribution >= 0.6 is 0 Å². The number of anilines is 1. The zero-order valence-electron chi connectivity index (χ0n) is 14.7. The molecule has 0 aliphatic carbocycles. The molecule has 3 aromatic heterocycles. The number of oxazole rings is 1. The number of fused-ring (bicyclic) bond motifs is 1. The van der Waals surface area contributed by atoms with Crippen LogP contribution < -0.4 is 5.73 Å². The molecule has 0 bridgehead atoms. The smallest absolute Gasteiger partial charge is 0.228 e. The molecule has 3 N–H and O–H groups in total. The van der Waals surface area contributed by atoms with Gasteiger partial charge < -0.3 is 20.0 Å². The first-order chi connectivity index (χ1) is 13.0. The van der Waals surface area contributed by atoms with E-state index in [2.05, 4.69) is 25.1 Å². The van der Waals surface area contributed by atoms with Crippen LogP contribution in [-0.2, 0) is 4.74 Å². The Kier molecular flexibility index (Phi) is 3.99. The third kappa shape index (κ3) is 2.44. The van der Waals surface area contributed by atoms with Crippen molar-refractivity contribution in [2.24, 2.45) is 17.0 Å². The van der Waals surface area contributed by atoms with Crippen molar-refractivity contribution in [2.45, 2.75) is 25.7 Å². The average Bonchev–Trinajstić information content (AvgIpc) is 3.36. The predicted molar refractivity (Wildman–Crippen MR) is 94.0 cm³/mol. The highest BCUT2D eigenvalue weighted by molar-refractivity contribution is 5.85.